The minimum absolute atomic E-state index is 0.0907. The Labute approximate surface area is 176 Å². The molecule has 3 rings (SSSR count). The lowest BCUT2D eigenvalue weighted by Crippen LogP contribution is -2.39. The van der Waals surface area contributed by atoms with Gasteiger partial charge in [-0.05, 0) is 36.5 Å². The summed E-state index contributed by atoms with van der Waals surface area (Å²) in [5, 5.41) is 26.5. The number of phenolic OH excluding ortho intramolecular Hbond substituents is 1. The topological polar surface area (TPSA) is 117 Å². The number of non-ortho nitro benzene ring substituents is 1. The highest BCUT2D eigenvalue weighted by Gasteiger charge is 2.22. The van der Waals surface area contributed by atoms with Crippen molar-refractivity contribution in [1.82, 2.24) is 5.32 Å². The van der Waals surface area contributed by atoms with Gasteiger partial charge in [-0.1, -0.05) is 11.6 Å². The van der Waals surface area contributed by atoms with Gasteiger partial charge in [0.05, 0.1) is 35.1 Å². The van der Waals surface area contributed by atoms with Crippen LogP contribution in [0.25, 0.3) is 0 Å². The zero-order valence-electron chi connectivity index (χ0n) is 15.1. The van der Waals surface area contributed by atoms with Crippen molar-refractivity contribution in [3.8, 4) is 5.75 Å². The second-order valence-electron chi connectivity index (χ2n) is 6.13. The van der Waals surface area contributed by atoms with Crippen LogP contribution in [0.15, 0.2) is 36.4 Å². The average Bonchev–Trinajstić information content (AvgIpc) is 2.70. The third-order valence-corrected chi connectivity index (χ3v) is 4.66. The predicted octanol–water partition coefficient (Wildman–Crippen LogP) is 2.92. The lowest BCUT2D eigenvalue weighted by Gasteiger charge is -2.30. The first-order chi connectivity index (χ1) is 13.8. The van der Waals surface area contributed by atoms with E-state index in [4.69, 9.17) is 28.6 Å². The number of morpholine rings is 1. The lowest BCUT2D eigenvalue weighted by molar-refractivity contribution is -0.384. The second-order valence-corrected chi connectivity index (χ2v) is 6.97. The molecule has 2 aromatic carbocycles. The van der Waals surface area contributed by atoms with E-state index in [1.807, 2.05) is 4.90 Å². The fourth-order valence-electron chi connectivity index (χ4n) is 2.83. The monoisotopic (exact) mass is 436 g/mol. The van der Waals surface area contributed by atoms with E-state index >= 15 is 0 Å². The van der Waals surface area contributed by atoms with Gasteiger partial charge in [0.1, 0.15) is 5.75 Å². The van der Waals surface area contributed by atoms with Crippen molar-refractivity contribution >= 4 is 51.9 Å². The van der Waals surface area contributed by atoms with Crippen LogP contribution < -0.4 is 15.5 Å². The molecule has 152 valence electrons. The first kappa shape index (κ1) is 20.8. The van der Waals surface area contributed by atoms with Crippen LogP contribution in [0.3, 0.4) is 0 Å². The summed E-state index contributed by atoms with van der Waals surface area (Å²) in [7, 11) is 0. The SMILES string of the molecule is O=C(NC(=S)Nc1cc(Cl)ccc1O)c1cc([N+](=O)[O-])ccc1N1CCOCC1. The molecule has 1 fully saturated rings. The number of aromatic hydroxyl groups is 1. The molecule has 1 heterocycles. The number of amides is 1. The molecule has 0 spiro atoms. The molecule has 1 aliphatic heterocycles. The minimum Gasteiger partial charge on any atom is -0.506 e. The summed E-state index contributed by atoms with van der Waals surface area (Å²) < 4.78 is 5.32. The zero-order valence-corrected chi connectivity index (χ0v) is 16.6. The van der Waals surface area contributed by atoms with E-state index in [0.29, 0.717) is 37.0 Å². The second kappa shape index (κ2) is 9.03. The van der Waals surface area contributed by atoms with Crippen molar-refractivity contribution in [1.29, 1.82) is 0 Å². The fraction of sp³-hybridized carbons (Fsp3) is 0.222. The van der Waals surface area contributed by atoms with Gasteiger partial charge in [-0.3, -0.25) is 20.2 Å². The summed E-state index contributed by atoms with van der Waals surface area (Å²) in [4.78, 5) is 25.3. The molecule has 0 saturated carbocycles. The molecule has 0 radical (unpaired) electrons. The molecule has 11 heteroatoms. The number of nitrogens with one attached hydrogen (secondary N) is 2. The normalized spacial score (nSPS) is 13.6. The number of nitro benzene ring substituents is 1. The van der Waals surface area contributed by atoms with Crippen LogP contribution in [-0.2, 0) is 4.74 Å². The molecule has 0 atom stereocenters. The number of thiocarbonyl (C=S) groups is 1. The molecule has 0 bridgehead atoms. The van der Waals surface area contributed by atoms with E-state index in [2.05, 4.69) is 10.6 Å². The summed E-state index contributed by atoms with van der Waals surface area (Å²) in [5.74, 6) is -0.718. The number of rotatable bonds is 4. The van der Waals surface area contributed by atoms with E-state index < -0.39 is 10.8 Å². The predicted molar refractivity (Wildman–Crippen MR) is 113 cm³/mol. The zero-order chi connectivity index (χ0) is 21.0. The summed E-state index contributed by atoms with van der Waals surface area (Å²) in [6.07, 6.45) is 0. The highest BCUT2D eigenvalue weighted by molar-refractivity contribution is 7.80. The highest BCUT2D eigenvalue weighted by atomic mass is 35.5. The van der Waals surface area contributed by atoms with Gasteiger partial charge >= 0.3 is 0 Å². The van der Waals surface area contributed by atoms with Crippen LogP contribution in [0.2, 0.25) is 5.02 Å². The van der Waals surface area contributed by atoms with Gasteiger partial charge in [0, 0.05) is 30.2 Å². The highest BCUT2D eigenvalue weighted by Crippen LogP contribution is 2.28. The van der Waals surface area contributed by atoms with E-state index in [1.165, 1.54) is 36.4 Å². The van der Waals surface area contributed by atoms with Gasteiger partial charge in [0.25, 0.3) is 11.6 Å². The van der Waals surface area contributed by atoms with Crippen molar-refractivity contribution in [2.24, 2.45) is 0 Å². The first-order valence-electron chi connectivity index (χ1n) is 8.57. The molecule has 1 saturated heterocycles. The Morgan fingerprint density at radius 2 is 1.97 bits per heavy atom. The van der Waals surface area contributed by atoms with Crippen LogP contribution in [0, 0.1) is 10.1 Å². The Kier molecular flexibility index (Phi) is 6.47. The number of hydrogen-bond acceptors (Lipinski definition) is 7. The summed E-state index contributed by atoms with van der Waals surface area (Å²) in [6.45, 7) is 2.09. The van der Waals surface area contributed by atoms with Crippen molar-refractivity contribution in [3.63, 3.8) is 0 Å². The Bertz CT molecular complexity index is 965. The molecule has 2 aromatic rings. The molecule has 1 amide bonds. The van der Waals surface area contributed by atoms with Crippen molar-refractivity contribution in [2.45, 2.75) is 0 Å². The summed E-state index contributed by atoms with van der Waals surface area (Å²) in [5.41, 5.74) is 0.666. The summed E-state index contributed by atoms with van der Waals surface area (Å²) in [6, 6.07) is 8.43. The quantitative estimate of drug-likeness (QED) is 0.290. The van der Waals surface area contributed by atoms with Gasteiger partial charge in [-0.15, -0.1) is 0 Å². The van der Waals surface area contributed by atoms with Gasteiger partial charge in [-0.25, -0.2) is 0 Å². The van der Waals surface area contributed by atoms with Crippen molar-refractivity contribution in [3.05, 3.63) is 57.1 Å². The Balaban J connectivity index is 1.82. The molecule has 3 N–H and O–H groups in total. The number of carbonyl (C=O) groups excluding carboxylic acids is 1. The number of halogens is 1. The number of phenols is 1. The Morgan fingerprint density at radius 3 is 2.66 bits per heavy atom. The number of hydrogen-bond donors (Lipinski definition) is 3. The van der Waals surface area contributed by atoms with Crippen LogP contribution in [0.4, 0.5) is 17.1 Å². The molecule has 1 aliphatic rings. The third-order valence-electron chi connectivity index (χ3n) is 4.22. The number of benzene rings is 2. The van der Waals surface area contributed by atoms with Gasteiger partial charge in [0.2, 0.25) is 0 Å². The minimum atomic E-state index is -0.616. The van der Waals surface area contributed by atoms with Gasteiger partial charge < -0.3 is 20.1 Å². The van der Waals surface area contributed by atoms with E-state index in [-0.39, 0.29) is 27.8 Å². The van der Waals surface area contributed by atoms with E-state index in [9.17, 15) is 20.0 Å². The first-order valence-corrected chi connectivity index (χ1v) is 9.36. The fourth-order valence-corrected chi connectivity index (χ4v) is 3.21. The lowest BCUT2D eigenvalue weighted by atomic mass is 10.1. The van der Waals surface area contributed by atoms with Crippen LogP contribution in [0.5, 0.6) is 5.75 Å². The van der Waals surface area contributed by atoms with Gasteiger partial charge in [-0.2, -0.15) is 0 Å². The maximum Gasteiger partial charge on any atom is 0.270 e. The number of nitro groups is 1. The van der Waals surface area contributed by atoms with Crippen molar-refractivity contribution in [2.75, 3.05) is 36.5 Å². The molecule has 0 aromatic heterocycles. The summed E-state index contributed by atoms with van der Waals surface area (Å²) >= 11 is 11.0. The third kappa shape index (κ3) is 5.11. The van der Waals surface area contributed by atoms with E-state index in [1.54, 1.807) is 0 Å². The van der Waals surface area contributed by atoms with Crippen molar-refractivity contribution < 1.29 is 19.6 Å². The number of ether oxygens (including phenoxy) is 1. The largest absolute Gasteiger partial charge is 0.506 e. The molecule has 0 unspecified atom stereocenters. The van der Waals surface area contributed by atoms with Crippen LogP contribution in [-0.4, -0.2) is 47.4 Å². The maximum atomic E-state index is 12.8. The average molecular weight is 437 g/mol. The van der Waals surface area contributed by atoms with Crippen LogP contribution in [0.1, 0.15) is 10.4 Å². The molecule has 9 nitrogen and oxygen atoms in total. The van der Waals surface area contributed by atoms with Gasteiger partial charge in [0.15, 0.2) is 5.11 Å². The number of nitrogens with zero attached hydrogens (tertiary/aromatic N) is 2. The van der Waals surface area contributed by atoms with Crippen LogP contribution >= 0.6 is 23.8 Å². The Morgan fingerprint density at radius 1 is 1.24 bits per heavy atom. The maximum absolute atomic E-state index is 12.8. The standard InChI is InChI=1S/C18H17ClN4O5S/c19-11-1-4-16(24)14(9-11)20-18(29)21-17(25)13-10-12(23(26)27)2-3-15(13)22-5-7-28-8-6-22/h1-4,9-10,24H,5-8H2,(H2,20,21,25,29). The smallest absolute Gasteiger partial charge is 0.270 e. The number of anilines is 2. The Hall–Kier alpha value is -2.95. The van der Waals surface area contributed by atoms with E-state index in [0.717, 1.165) is 0 Å². The molecular weight excluding hydrogens is 420 g/mol. The molecule has 0 aliphatic carbocycles. The molecule has 29 heavy (non-hydrogen) atoms. The molecular formula is C18H17ClN4O5S. The number of carbonyl (C=O) groups is 1.